The fourth-order valence-corrected chi connectivity index (χ4v) is 2.93. The van der Waals surface area contributed by atoms with Gasteiger partial charge in [0.2, 0.25) is 5.76 Å². The molecule has 2 heterocycles. The highest BCUT2D eigenvalue weighted by Crippen LogP contribution is 2.25. The van der Waals surface area contributed by atoms with Crippen LogP contribution in [0.1, 0.15) is 24.4 Å². The Bertz CT molecular complexity index is 350. The topological polar surface area (TPSA) is 49.0 Å². The lowest BCUT2D eigenvalue weighted by atomic mass is 10.2. The molecule has 0 aliphatic carbocycles. The third-order valence-electron chi connectivity index (χ3n) is 2.47. The summed E-state index contributed by atoms with van der Waals surface area (Å²) in [6.45, 7) is 1.76. The van der Waals surface area contributed by atoms with Gasteiger partial charge in [0.25, 0.3) is 0 Å². The molecule has 15 heavy (non-hydrogen) atoms. The van der Waals surface area contributed by atoms with Crippen molar-refractivity contribution in [3.63, 3.8) is 0 Å². The summed E-state index contributed by atoms with van der Waals surface area (Å²) in [6.07, 6.45) is 2.66. The number of nitriles is 1. The summed E-state index contributed by atoms with van der Waals surface area (Å²) >= 11 is 2.04. The molecular weight excluding hydrogens is 208 g/mol. The number of furan rings is 1. The minimum atomic E-state index is 0.391. The number of nitrogens with zero attached hydrogens (tertiary/aromatic N) is 1. The Morgan fingerprint density at radius 2 is 2.53 bits per heavy atom. The molecule has 2 rings (SSSR count). The molecular formula is C11H14N2OS. The van der Waals surface area contributed by atoms with Gasteiger partial charge in [-0.3, -0.25) is 0 Å². The van der Waals surface area contributed by atoms with Gasteiger partial charge in [0, 0.05) is 11.8 Å². The number of thioether (sulfide) groups is 1. The third-order valence-corrected chi connectivity index (χ3v) is 3.87. The third kappa shape index (κ3) is 3.01. The van der Waals surface area contributed by atoms with Crippen molar-refractivity contribution in [3.8, 4) is 6.07 Å². The summed E-state index contributed by atoms with van der Waals surface area (Å²) in [5.74, 6) is 2.53. The van der Waals surface area contributed by atoms with Crippen LogP contribution in [0, 0.1) is 11.3 Å². The van der Waals surface area contributed by atoms with E-state index in [4.69, 9.17) is 9.68 Å². The summed E-state index contributed by atoms with van der Waals surface area (Å²) in [6, 6.07) is 5.54. The van der Waals surface area contributed by atoms with Crippen molar-refractivity contribution in [2.45, 2.75) is 24.6 Å². The summed E-state index contributed by atoms with van der Waals surface area (Å²) < 4.78 is 5.27. The zero-order valence-electron chi connectivity index (χ0n) is 8.53. The quantitative estimate of drug-likeness (QED) is 0.848. The van der Waals surface area contributed by atoms with Crippen molar-refractivity contribution in [1.82, 2.24) is 5.32 Å². The maximum atomic E-state index is 8.58. The van der Waals surface area contributed by atoms with Crippen LogP contribution in [-0.2, 0) is 6.54 Å². The van der Waals surface area contributed by atoms with Crippen LogP contribution in [0.3, 0.4) is 0 Å². The molecule has 1 unspecified atom stereocenters. The van der Waals surface area contributed by atoms with Crippen LogP contribution in [-0.4, -0.2) is 17.5 Å². The average molecular weight is 222 g/mol. The van der Waals surface area contributed by atoms with E-state index in [0.29, 0.717) is 5.76 Å². The Morgan fingerprint density at radius 1 is 1.60 bits per heavy atom. The lowest BCUT2D eigenvalue weighted by Gasteiger charge is -2.08. The van der Waals surface area contributed by atoms with Crippen LogP contribution in [0.15, 0.2) is 16.5 Å². The molecule has 1 aliphatic rings. The second kappa shape index (κ2) is 5.24. The van der Waals surface area contributed by atoms with E-state index >= 15 is 0 Å². The van der Waals surface area contributed by atoms with Gasteiger partial charge in [-0.05, 0) is 30.7 Å². The zero-order valence-corrected chi connectivity index (χ0v) is 9.35. The van der Waals surface area contributed by atoms with Gasteiger partial charge >= 0.3 is 0 Å². The van der Waals surface area contributed by atoms with E-state index in [2.05, 4.69) is 5.32 Å². The first-order valence-corrected chi connectivity index (χ1v) is 6.24. The predicted octanol–water partition coefficient (Wildman–Crippen LogP) is 2.14. The first-order chi connectivity index (χ1) is 7.38. The Labute approximate surface area is 93.8 Å². The summed E-state index contributed by atoms with van der Waals surface area (Å²) in [5.41, 5.74) is 0. The molecule has 80 valence electrons. The normalized spacial score (nSPS) is 20.3. The standard InChI is InChI=1S/C11H14N2OS/c12-6-9-3-4-10(14-9)7-13-8-11-2-1-5-15-11/h3-4,11,13H,1-2,5,7-8H2. The van der Waals surface area contributed by atoms with Gasteiger partial charge in [-0.1, -0.05) is 0 Å². The number of nitrogens with one attached hydrogen (secondary N) is 1. The van der Waals surface area contributed by atoms with E-state index in [9.17, 15) is 0 Å². The van der Waals surface area contributed by atoms with Crippen molar-refractivity contribution in [3.05, 3.63) is 23.7 Å². The number of rotatable bonds is 4. The summed E-state index contributed by atoms with van der Waals surface area (Å²) in [7, 11) is 0. The summed E-state index contributed by atoms with van der Waals surface area (Å²) in [4.78, 5) is 0. The molecule has 1 fully saturated rings. The molecule has 1 aromatic heterocycles. The fraction of sp³-hybridized carbons (Fsp3) is 0.545. The van der Waals surface area contributed by atoms with Crippen LogP contribution in [0.25, 0.3) is 0 Å². The lowest BCUT2D eigenvalue weighted by Crippen LogP contribution is -2.22. The van der Waals surface area contributed by atoms with Gasteiger partial charge in [0.15, 0.2) is 0 Å². The molecule has 3 nitrogen and oxygen atoms in total. The Morgan fingerprint density at radius 3 is 3.20 bits per heavy atom. The Kier molecular flexibility index (Phi) is 3.70. The molecule has 4 heteroatoms. The van der Waals surface area contributed by atoms with Gasteiger partial charge in [-0.2, -0.15) is 17.0 Å². The minimum Gasteiger partial charge on any atom is -0.449 e. The molecule has 0 amide bonds. The van der Waals surface area contributed by atoms with Crippen molar-refractivity contribution in [1.29, 1.82) is 5.26 Å². The van der Waals surface area contributed by atoms with Gasteiger partial charge in [0.1, 0.15) is 11.8 Å². The van der Waals surface area contributed by atoms with Crippen molar-refractivity contribution < 1.29 is 4.42 Å². The highest BCUT2D eigenvalue weighted by molar-refractivity contribution is 8.00. The van der Waals surface area contributed by atoms with E-state index < -0.39 is 0 Å². The van der Waals surface area contributed by atoms with Crippen LogP contribution in [0.4, 0.5) is 0 Å². The van der Waals surface area contributed by atoms with E-state index in [1.54, 1.807) is 6.07 Å². The Balaban J connectivity index is 1.71. The molecule has 1 atom stereocenters. The molecule has 1 aromatic rings. The van der Waals surface area contributed by atoms with E-state index in [-0.39, 0.29) is 0 Å². The first kappa shape index (κ1) is 10.6. The predicted molar refractivity (Wildman–Crippen MR) is 60.6 cm³/mol. The zero-order chi connectivity index (χ0) is 10.5. The highest BCUT2D eigenvalue weighted by Gasteiger charge is 2.14. The fourth-order valence-electron chi connectivity index (χ4n) is 1.69. The van der Waals surface area contributed by atoms with Crippen LogP contribution in [0.2, 0.25) is 0 Å². The van der Waals surface area contributed by atoms with Crippen molar-refractivity contribution in [2.24, 2.45) is 0 Å². The van der Waals surface area contributed by atoms with E-state index in [0.717, 1.165) is 24.1 Å². The smallest absolute Gasteiger partial charge is 0.203 e. The van der Waals surface area contributed by atoms with Crippen LogP contribution >= 0.6 is 11.8 Å². The first-order valence-electron chi connectivity index (χ1n) is 5.19. The maximum Gasteiger partial charge on any atom is 0.203 e. The van der Waals surface area contributed by atoms with Crippen LogP contribution < -0.4 is 5.32 Å². The SMILES string of the molecule is N#Cc1ccc(CNCC2CCCS2)o1. The molecule has 0 aromatic carbocycles. The second-order valence-corrected chi connectivity index (χ2v) is 5.05. The van der Waals surface area contributed by atoms with Gasteiger partial charge < -0.3 is 9.73 Å². The minimum absolute atomic E-state index is 0.391. The van der Waals surface area contributed by atoms with Gasteiger partial charge in [-0.25, -0.2) is 0 Å². The van der Waals surface area contributed by atoms with E-state index in [1.807, 2.05) is 23.9 Å². The van der Waals surface area contributed by atoms with Crippen molar-refractivity contribution in [2.75, 3.05) is 12.3 Å². The number of hydrogen-bond donors (Lipinski definition) is 1. The Hall–Kier alpha value is -0.920. The molecule has 0 saturated carbocycles. The van der Waals surface area contributed by atoms with E-state index in [1.165, 1.54) is 18.6 Å². The maximum absolute atomic E-state index is 8.58. The van der Waals surface area contributed by atoms with Gasteiger partial charge in [0.05, 0.1) is 6.54 Å². The molecule has 0 radical (unpaired) electrons. The van der Waals surface area contributed by atoms with Crippen LogP contribution in [0.5, 0.6) is 0 Å². The molecule has 0 spiro atoms. The largest absolute Gasteiger partial charge is 0.449 e. The molecule has 0 bridgehead atoms. The highest BCUT2D eigenvalue weighted by atomic mass is 32.2. The lowest BCUT2D eigenvalue weighted by molar-refractivity contribution is 0.473. The molecule has 1 aliphatic heterocycles. The summed E-state index contributed by atoms with van der Waals surface area (Å²) in [5, 5.41) is 12.7. The number of hydrogen-bond acceptors (Lipinski definition) is 4. The average Bonchev–Trinajstić information content (AvgIpc) is 2.88. The van der Waals surface area contributed by atoms with Gasteiger partial charge in [-0.15, -0.1) is 0 Å². The monoisotopic (exact) mass is 222 g/mol. The second-order valence-electron chi connectivity index (χ2n) is 3.64. The molecule has 1 N–H and O–H groups in total. The molecule has 1 saturated heterocycles. The van der Waals surface area contributed by atoms with Crippen molar-refractivity contribution >= 4 is 11.8 Å².